The largest absolute Gasteiger partial charge is 0.479 e. The summed E-state index contributed by atoms with van der Waals surface area (Å²) in [5.74, 6) is -1.76. The maximum atomic E-state index is 12.5. The van der Waals surface area contributed by atoms with E-state index in [1.54, 1.807) is 12.1 Å². The van der Waals surface area contributed by atoms with E-state index >= 15 is 0 Å². The summed E-state index contributed by atoms with van der Waals surface area (Å²) in [6.07, 6.45) is 1.70. The number of aryl methyl sites for hydroxylation is 2. The van der Waals surface area contributed by atoms with Gasteiger partial charge in [-0.1, -0.05) is 6.07 Å². The Kier molecular flexibility index (Phi) is 5.10. The van der Waals surface area contributed by atoms with Gasteiger partial charge in [-0.15, -0.1) is 0 Å². The van der Waals surface area contributed by atoms with Gasteiger partial charge in [0.15, 0.2) is 15.9 Å². The van der Waals surface area contributed by atoms with Crippen molar-refractivity contribution in [3.63, 3.8) is 0 Å². The van der Waals surface area contributed by atoms with Crippen LogP contribution in [-0.4, -0.2) is 61.9 Å². The maximum absolute atomic E-state index is 12.5. The second kappa shape index (κ2) is 7.13. The Morgan fingerprint density at radius 3 is 2.76 bits per heavy atom. The molecule has 1 heterocycles. The molecule has 0 aromatic heterocycles. The van der Waals surface area contributed by atoms with Crippen LogP contribution in [0.1, 0.15) is 24.0 Å². The Labute approximate surface area is 146 Å². The van der Waals surface area contributed by atoms with E-state index in [2.05, 4.69) is 0 Å². The average molecular weight is 367 g/mol. The third-order valence-electron chi connectivity index (χ3n) is 4.71. The number of carbonyl (C=O) groups excluding carboxylic acids is 1. The second-order valence-electron chi connectivity index (χ2n) is 6.39. The Hall–Kier alpha value is -1.93. The predicted molar refractivity (Wildman–Crippen MR) is 89.1 cm³/mol. The molecule has 1 aromatic rings. The Balaban J connectivity index is 1.62. The van der Waals surface area contributed by atoms with Crippen molar-refractivity contribution in [2.75, 3.05) is 25.4 Å². The molecule has 1 N–H and O–H groups in total. The standard InChI is InChI=1S/C17H21NO6S/c19-16(18-7-8-24-15(11-18)17(20)21)6-9-25(22,23)14-5-4-12-2-1-3-13(12)10-14/h4-5,10,15H,1-3,6-9,11H2,(H,20,21)/t15-/m0/s1. The minimum Gasteiger partial charge on any atom is -0.479 e. The maximum Gasteiger partial charge on any atom is 0.334 e. The molecule has 3 rings (SSSR count). The lowest BCUT2D eigenvalue weighted by Gasteiger charge is -2.30. The molecule has 1 amide bonds. The van der Waals surface area contributed by atoms with Gasteiger partial charge in [0.2, 0.25) is 5.91 Å². The Bertz CT molecular complexity index is 788. The van der Waals surface area contributed by atoms with Gasteiger partial charge in [-0.3, -0.25) is 4.79 Å². The third-order valence-corrected chi connectivity index (χ3v) is 6.42. The number of rotatable bonds is 5. The van der Waals surface area contributed by atoms with Gasteiger partial charge in [-0.2, -0.15) is 0 Å². The number of hydrogen-bond donors (Lipinski definition) is 1. The molecule has 0 saturated carbocycles. The van der Waals surface area contributed by atoms with Gasteiger partial charge in [-0.05, 0) is 42.5 Å². The van der Waals surface area contributed by atoms with Crippen molar-refractivity contribution in [2.24, 2.45) is 0 Å². The number of morpholine rings is 1. The van der Waals surface area contributed by atoms with Crippen LogP contribution >= 0.6 is 0 Å². The minimum atomic E-state index is -3.54. The number of carboxylic acids is 1. The molecule has 8 heteroatoms. The van der Waals surface area contributed by atoms with Crippen molar-refractivity contribution in [3.8, 4) is 0 Å². The first-order valence-electron chi connectivity index (χ1n) is 8.33. The van der Waals surface area contributed by atoms with E-state index in [-0.39, 0.29) is 42.7 Å². The second-order valence-corrected chi connectivity index (χ2v) is 8.50. The molecule has 2 aliphatic rings. The molecule has 0 spiro atoms. The van der Waals surface area contributed by atoms with Crippen LogP contribution in [0, 0.1) is 0 Å². The third kappa shape index (κ3) is 4.01. The van der Waals surface area contributed by atoms with E-state index < -0.39 is 21.9 Å². The number of carbonyl (C=O) groups is 2. The van der Waals surface area contributed by atoms with E-state index in [1.807, 2.05) is 6.07 Å². The van der Waals surface area contributed by atoms with Crippen molar-refractivity contribution in [1.29, 1.82) is 0 Å². The lowest BCUT2D eigenvalue weighted by Crippen LogP contribution is -2.48. The number of sulfone groups is 1. The van der Waals surface area contributed by atoms with Crippen LogP contribution in [0.5, 0.6) is 0 Å². The van der Waals surface area contributed by atoms with Crippen molar-refractivity contribution in [2.45, 2.75) is 36.7 Å². The average Bonchev–Trinajstić information content (AvgIpc) is 3.07. The highest BCUT2D eigenvalue weighted by atomic mass is 32.2. The van der Waals surface area contributed by atoms with Gasteiger partial charge >= 0.3 is 5.97 Å². The topological polar surface area (TPSA) is 101 Å². The van der Waals surface area contributed by atoms with Gasteiger partial charge in [0.25, 0.3) is 0 Å². The monoisotopic (exact) mass is 367 g/mol. The fraction of sp³-hybridized carbons (Fsp3) is 0.529. The Morgan fingerprint density at radius 2 is 2.00 bits per heavy atom. The van der Waals surface area contributed by atoms with Crippen LogP contribution in [0.4, 0.5) is 0 Å². The summed E-state index contributed by atoms with van der Waals surface area (Å²) in [6, 6.07) is 5.19. The molecule has 1 aliphatic carbocycles. The normalized spacial score (nSPS) is 20.3. The fourth-order valence-corrected chi connectivity index (χ4v) is 4.54. The SMILES string of the molecule is O=C(O)[C@@H]1CN(C(=O)CCS(=O)(=O)c2ccc3c(c2)CCC3)CCO1. The number of amides is 1. The summed E-state index contributed by atoms with van der Waals surface area (Å²) >= 11 is 0. The summed E-state index contributed by atoms with van der Waals surface area (Å²) in [5.41, 5.74) is 2.27. The van der Waals surface area contributed by atoms with Crippen LogP contribution in [0.15, 0.2) is 23.1 Å². The highest BCUT2D eigenvalue weighted by Gasteiger charge is 2.29. The molecule has 7 nitrogen and oxygen atoms in total. The number of ether oxygens (including phenoxy) is 1. The van der Waals surface area contributed by atoms with Crippen LogP contribution in [0.2, 0.25) is 0 Å². The molecular weight excluding hydrogens is 346 g/mol. The number of hydrogen-bond acceptors (Lipinski definition) is 5. The Morgan fingerprint density at radius 1 is 1.24 bits per heavy atom. The quantitative estimate of drug-likeness (QED) is 0.820. The van der Waals surface area contributed by atoms with E-state index in [0.29, 0.717) is 0 Å². The predicted octanol–water partition coefficient (Wildman–Crippen LogP) is 0.651. The first-order valence-corrected chi connectivity index (χ1v) is 9.99. The van der Waals surface area contributed by atoms with E-state index in [0.717, 1.165) is 24.8 Å². The zero-order chi connectivity index (χ0) is 18.0. The van der Waals surface area contributed by atoms with Crippen LogP contribution in [0.3, 0.4) is 0 Å². The van der Waals surface area contributed by atoms with Gasteiger partial charge in [0, 0.05) is 13.0 Å². The number of fused-ring (bicyclic) bond motifs is 1. The highest BCUT2D eigenvalue weighted by molar-refractivity contribution is 7.91. The van der Waals surface area contributed by atoms with Crippen LogP contribution in [-0.2, 0) is 37.0 Å². The molecule has 1 atom stereocenters. The van der Waals surface area contributed by atoms with Gasteiger partial charge in [0.05, 0.1) is 23.8 Å². The minimum absolute atomic E-state index is 0.0486. The van der Waals surface area contributed by atoms with Gasteiger partial charge < -0.3 is 14.7 Å². The van der Waals surface area contributed by atoms with Crippen LogP contribution < -0.4 is 0 Å². The van der Waals surface area contributed by atoms with Crippen molar-refractivity contribution < 1.29 is 27.9 Å². The number of nitrogens with zero attached hydrogens (tertiary/aromatic N) is 1. The first kappa shape index (κ1) is 17.9. The van der Waals surface area contributed by atoms with Crippen molar-refractivity contribution >= 4 is 21.7 Å². The smallest absolute Gasteiger partial charge is 0.334 e. The van der Waals surface area contributed by atoms with Crippen LogP contribution in [0.25, 0.3) is 0 Å². The zero-order valence-corrected chi connectivity index (χ0v) is 14.6. The molecule has 1 saturated heterocycles. The zero-order valence-electron chi connectivity index (χ0n) is 13.8. The summed E-state index contributed by atoms with van der Waals surface area (Å²) in [6.45, 7) is 0.370. The van der Waals surface area contributed by atoms with Gasteiger partial charge in [-0.25, -0.2) is 13.2 Å². The summed E-state index contributed by atoms with van der Waals surface area (Å²) in [7, 11) is -3.54. The fourth-order valence-electron chi connectivity index (χ4n) is 3.26. The molecule has 0 bridgehead atoms. The first-order chi connectivity index (χ1) is 11.9. The molecule has 136 valence electrons. The van der Waals surface area contributed by atoms with Gasteiger partial charge in [0.1, 0.15) is 0 Å². The molecule has 0 radical (unpaired) electrons. The van der Waals surface area contributed by atoms with E-state index in [1.165, 1.54) is 10.5 Å². The number of carboxylic acid groups (broad SMARTS) is 1. The number of aliphatic carboxylic acids is 1. The molecule has 1 aromatic carbocycles. The van der Waals surface area contributed by atoms with E-state index in [4.69, 9.17) is 9.84 Å². The lowest BCUT2D eigenvalue weighted by atomic mass is 10.1. The highest BCUT2D eigenvalue weighted by Crippen LogP contribution is 2.25. The number of benzene rings is 1. The summed E-state index contributed by atoms with van der Waals surface area (Å²) in [5, 5.41) is 8.96. The lowest BCUT2D eigenvalue weighted by molar-refractivity contribution is -0.159. The molecule has 1 fully saturated rings. The van der Waals surface area contributed by atoms with Crippen molar-refractivity contribution in [1.82, 2.24) is 4.90 Å². The van der Waals surface area contributed by atoms with Crippen molar-refractivity contribution in [3.05, 3.63) is 29.3 Å². The molecular formula is C17H21NO6S. The molecule has 0 unspecified atom stereocenters. The molecule has 1 aliphatic heterocycles. The van der Waals surface area contributed by atoms with E-state index in [9.17, 15) is 18.0 Å². The summed E-state index contributed by atoms with van der Waals surface area (Å²) < 4.78 is 30.1. The summed E-state index contributed by atoms with van der Waals surface area (Å²) in [4.78, 5) is 24.8. The molecule has 25 heavy (non-hydrogen) atoms.